The molecule has 0 saturated heterocycles. The van der Waals surface area contributed by atoms with Crippen molar-refractivity contribution in [3.05, 3.63) is 50.7 Å². The summed E-state index contributed by atoms with van der Waals surface area (Å²) in [6.07, 6.45) is 1.90. The van der Waals surface area contributed by atoms with Crippen molar-refractivity contribution in [1.29, 1.82) is 0 Å². The van der Waals surface area contributed by atoms with Gasteiger partial charge in [-0.1, -0.05) is 31.5 Å². The number of pyridine rings is 1. The van der Waals surface area contributed by atoms with E-state index < -0.39 is 5.97 Å². The second kappa shape index (κ2) is 8.45. The van der Waals surface area contributed by atoms with E-state index in [1.165, 1.54) is 0 Å². The van der Waals surface area contributed by atoms with E-state index in [4.69, 9.17) is 9.47 Å². The van der Waals surface area contributed by atoms with Crippen LogP contribution in [0, 0.1) is 6.92 Å². The van der Waals surface area contributed by atoms with E-state index in [2.05, 4.69) is 43.8 Å². The number of benzene rings is 1. The fourth-order valence-corrected chi connectivity index (χ4v) is 3.04. The molecule has 0 aliphatic carbocycles. The summed E-state index contributed by atoms with van der Waals surface area (Å²) in [7, 11) is 0. The summed E-state index contributed by atoms with van der Waals surface area (Å²) in [5.74, 6) is 0.435. The summed E-state index contributed by atoms with van der Waals surface area (Å²) in [5, 5.41) is 0. The van der Waals surface area contributed by atoms with E-state index in [9.17, 15) is 4.79 Å². The number of hydrogen-bond donors (Lipinski definition) is 0. The highest BCUT2D eigenvalue weighted by Gasteiger charge is 2.24. The molecular weight excluding hydrogens is 426 g/mol. The molecule has 1 heterocycles. The Morgan fingerprint density at radius 2 is 1.87 bits per heavy atom. The normalized spacial score (nSPS) is 10.4. The van der Waals surface area contributed by atoms with Crippen LogP contribution in [0.1, 0.15) is 35.7 Å². The lowest BCUT2D eigenvalue weighted by molar-refractivity contribution is 0.0728. The third kappa shape index (κ3) is 4.54. The zero-order valence-corrected chi connectivity index (χ0v) is 16.1. The van der Waals surface area contributed by atoms with Crippen LogP contribution in [-0.4, -0.2) is 17.6 Å². The largest absolute Gasteiger partial charge is 0.490 e. The fourth-order valence-electron chi connectivity index (χ4n) is 1.94. The molecule has 2 rings (SSSR count). The van der Waals surface area contributed by atoms with Crippen LogP contribution in [0.25, 0.3) is 0 Å². The molecule has 0 saturated carbocycles. The molecule has 0 atom stereocenters. The lowest BCUT2D eigenvalue weighted by Crippen LogP contribution is -2.15. The Labute approximate surface area is 152 Å². The van der Waals surface area contributed by atoms with Gasteiger partial charge in [0.1, 0.15) is 20.5 Å². The number of unbranched alkanes of at least 4 members (excludes halogenated alkanes) is 1. The Morgan fingerprint density at radius 1 is 1.17 bits per heavy atom. The monoisotopic (exact) mass is 441 g/mol. The van der Waals surface area contributed by atoms with Crippen LogP contribution in [0.5, 0.6) is 11.5 Å². The van der Waals surface area contributed by atoms with Crippen molar-refractivity contribution in [2.75, 3.05) is 6.61 Å². The van der Waals surface area contributed by atoms with Gasteiger partial charge in [0.05, 0.1) is 6.61 Å². The van der Waals surface area contributed by atoms with Gasteiger partial charge < -0.3 is 9.47 Å². The first-order chi connectivity index (χ1) is 11.0. The van der Waals surface area contributed by atoms with Gasteiger partial charge in [0.15, 0.2) is 5.75 Å². The van der Waals surface area contributed by atoms with Gasteiger partial charge in [-0.3, -0.25) is 0 Å². The van der Waals surface area contributed by atoms with Gasteiger partial charge in [-0.15, -0.1) is 0 Å². The van der Waals surface area contributed by atoms with E-state index in [1.54, 1.807) is 19.1 Å². The van der Waals surface area contributed by atoms with E-state index in [-0.39, 0.29) is 0 Å². The Balaban J connectivity index is 2.36. The molecule has 6 heteroatoms. The third-order valence-corrected chi connectivity index (χ3v) is 4.51. The molecule has 1 aromatic carbocycles. The Morgan fingerprint density at radius 3 is 2.52 bits per heavy atom. The Bertz CT molecular complexity index is 690. The summed E-state index contributed by atoms with van der Waals surface area (Å²) in [6, 6.07) is 8.95. The van der Waals surface area contributed by atoms with E-state index in [0.29, 0.717) is 38.4 Å². The zero-order valence-electron chi connectivity index (χ0n) is 12.9. The second-order valence-corrected chi connectivity index (χ2v) is 6.43. The van der Waals surface area contributed by atoms with Crippen LogP contribution in [0.4, 0.5) is 0 Å². The van der Waals surface area contributed by atoms with Gasteiger partial charge in [0, 0.05) is 5.56 Å². The highest BCUT2D eigenvalue weighted by molar-refractivity contribution is 9.11. The first-order valence-corrected chi connectivity index (χ1v) is 8.88. The maximum atomic E-state index is 12.6. The van der Waals surface area contributed by atoms with E-state index in [0.717, 1.165) is 12.8 Å². The molecule has 0 spiro atoms. The summed E-state index contributed by atoms with van der Waals surface area (Å²) in [5.41, 5.74) is 1.05. The number of ether oxygens (including phenoxy) is 2. The summed E-state index contributed by atoms with van der Waals surface area (Å²) >= 11 is 6.73. The minimum absolute atomic E-state index is 0.374. The molecule has 0 radical (unpaired) electrons. The van der Waals surface area contributed by atoms with Gasteiger partial charge in [0.25, 0.3) is 0 Å². The zero-order chi connectivity index (χ0) is 16.8. The molecule has 122 valence electrons. The third-order valence-electron chi connectivity index (χ3n) is 3.20. The van der Waals surface area contributed by atoms with Crippen LogP contribution in [0.15, 0.2) is 39.5 Å². The van der Waals surface area contributed by atoms with Crippen molar-refractivity contribution < 1.29 is 14.3 Å². The number of carbonyl (C=O) groups is 1. The van der Waals surface area contributed by atoms with Gasteiger partial charge in [-0.2, -0.15) is 0 Å². The molecule has 0 fully saturated rings. The summed E-state index contributed by atoms with van der Waals surface area (Å²) in [6.45, 7) is 4.40. The molecule has 2 aromatic rings. The second-order valence-electron chi connectivity index (χ2n) is 4.93. The number of nitrogens with zero attached hydrogens (tertiary/aromatic N) is 1. The minimum Gasteiger partial charge on any atom is -0.490 e. The van der Waals surface area contributed by atoms with Crippen molar-refractivity contribution in [3.63, 3.8) is 0 Å². The molecule has 0 bridgehead atoms. The highest BCUT2D eigenvalue weighted by Crippen LogP contribution is 2.34. The first-order valence-electron chi connectivity index (χ1n) is 7.30. The molecule has 4 nitrogen and oxygen atoms in total. The van der Waals surface area contributed by atoms with E-state index >= 15 is 0 Å². The molecule has 1 aromatic heterocycles. The predicted octanol–water partition coefficient (Wildman–Crippen LogP) is 5.31. The van der Waals surface area contributed by atoms with Crippen LogP contribution >= 0.6 is 31.9 Å². The quantitative estimate of drug-likeness (QED) is 0.263. The van der Waals surface area contributed by atoms with E-state index in [1.807, 2.05) is 18.2 Å². The molecule has 0 N–H and O–H groups in total. The molecule has 0 aliphatic heterocycles. The Kier molecular flexibility index (Phi) is 6.59. The van der Waals surface area contributed by atoms with Gasteiger partial charge in [-0.05, 0) is 57.3 Å². The topological polar surface area (TPSA) is 48.4 Å². The summed E-state index contributed by atoms with van der Waals surface area (Å²) in [4.78, 5) is 16.9. The molecule has 0 amide bonds. The predicted molar refractivity (Wildman–Crippen MR) is 96.2 cm³/mol. The summed E-state index contributed by atoms with van der Waals surface area (Å²) < 4.78 is 12.3. The number of aromatic nitrogens is 1. The van der Waals surface area contributed by atoms with Crippen molar-refractivity contribution in [1.82, 2.24) is 4.98 Å². The number of carbonyl (C=O) groups excluding carboxylic acids is 1. The average Bonchev–Trinajstić information content (AvgIpc) is 2.53. The molecule has 0 unspecified atom stereocenters. The minimum atomic E-state index is -0.469. The van der Waals surface area contributed by atoms with Crippen molar-refractivity contribution in [2.45, 2.75) is 26.7 Å². The molecule has 0 aliphatic rings. The lowest BCUT2D eigenvalue weighted by atomic mass is 10.1. The number of hydrogen-bond acceptors (Lipinski definition) is 4. The highest BCUT2D eigenvalue weighted by atomic mass is 79.9. The van der Waals surface area contributed by atoms with Crippen molar-refractivity contribution >= 4 is 37.8 Å². The first kappa shape index (κ1) is 17.9. The SMILES string of the molecule is CCCCOc1c(Br)nc(Br)c(C)c1C(=O)Oc1ccccc1. The number of para-hydroxylation sites is 1. The lowest BCUT2D eigenvalue weighted by Gasteiger charge is -2.15. The van der Waals surface area contributed by atoms with Crippen molar-refractivity contribution in [3.8, 4) is 11.5 Å². The maximum absolute atomic E-state index is 12.6. The average molecular weight is 443 g/mol. The molecule has 23 heavy (non-hydrogen) atoms. The smallest absolute Gasteiger partial charge is 0.347 e. The van der Waals surface area contributed by atoms with Gasteiger partial charge in [0.2, 0.25) is 0 Å². The number of esters is 1. The number of halogens is 2. The van der Waals surface area contributed by atoms with Crippen molar-refractivity contribution in [2.24, 2.45) is 0 Å². The van der Waals surface area contributed by atoms with Gasteiger partial charge in [-0.25, -0.2) is 9.78 Å². The molecular formula is C17H17Br2NO3. The van der Waals surface area contributed by atoms with Crippen LogP contribution in [0.3, 0.4) is 0 Å². The van der Waals surface area contributed by atoms with Crippen LogP contribution in [0.2, 0.25) is 0 Å². The fraction of sp³-hybridized carbons (Fsp3) is 0.294. The number of rotatable bonds is 6. The van der Waals surface area contributed by atoms with Crippen LogP contribution < -0.4 is 9.47 Å². The Hall–Kier alpha value is -1.40. The maximum Gasteiger partial charge on any atom is 0.347 e. The standard InChI is InChI=1S/C17H17Br2NO3/c1-3-4-10-22-14-13(11(2)15(18)20-16(14)19)17(21)23-12-8-6-5-7-9-12/h5-9H,3-4,10H2,1-2H3. The van der Waals surface area contributed by atoms with Gasteiger partial charge >= 0.3 is 5.97 Å². The van der Waals surface area contributed by atoms with Crippen LogP contribution in [-0.2, 0) is 0 Å².